The summed E-state index contributed by atoms with van der Waals surface area (Å²) >= 11 is 0. The largest absolute Gasteiger partial charge is 0.573 e. The van der Waals surface area contributed by atoms with E-state index in [2.05, 4.69) is 27.1 Å². The lowest BCUT2D eigenvalue weighted by Gasteiger charge is -2.37. The van der Waals surface area contributed by atoms with Crippen molar-refractivity contribution in [2.75, 3.05) is 32.8 Å². The number of hydrogen-bond acceptors (Lipinski definition) is 4. The second kappa shape index (κ2) is 11.8. The molecular weight excluding hydrogens is 476 g/mol. The molecule has 0 spiro atoms. The highest BCUT2D eigenvalue weighted by molar-refractivity contribution is 5.88. The van der Waals surface area contributed by atoms with Crippen LogP contribution < -0.4 is 14.8 Å². The molecule has 180 valence electrons. The van der Waals surface area contributed by atoms with E-state index in [0.29, 0.717) is 6.61 Å². The molecule has 0 unspecified atom stereocenters. The van der Waals surface area contributed by atoms with E-state index >= 15 is 0 Å². The third kappa shape index (κ3) is 6.44. The Balaban J connectivity index is 0.00000193. The third-order valence-electron chi connectivity index (χ3n) is 5.45. The first kappa shape index (κ1) is 27.1. The normalized spacial score (nSPS) is 15.3. The minimum absolute atomic E-state index is 0. The van der Waals surface area contributed by atoms with Gasteiger partial charge in [0.05, 0.1) is 12.6 Å². The molecule has 0 aromatic heterocycles. The maximum Gasteiger partial charge on any atom is 0.573 e. The van der Waals surface area contributed by atoms with Crippen LogP contribution in [0.25, 0.3) is 10.8 Å². The van der Waals surface area contributed by atoms with E-state index in [9.17, 15) is 13.2 Å². The number of ether oxygens (including phenoxy) is 2. The summed E-state index contributed by atoms with van der Waals surface area (Å²) in [6.45, 7) is 5.81. The van der Waals surface area contributed by atoms with Gasteiger partial charge >= 0.3 is 6.36 Å². The van der Waals surface area contributed by atoms with E-state index in [4.69, 9.17) is 4.74 Å². The summed E-state index contributed by atoms with van der Waals surface area (Å²) in [7, 11) is 0. The van der Waals surface area contributed by atoms with Gasteiger partial charge in [-0.05, 0) is 41.5 Å². The van der Waals surface area contributed by atoms with Crippen molar-refractivity contribution < 1.29 is 22.6 Å². The van der Waals surface area contributed by atoms with Crippen LogP contribution in [0.15, 0.2) is 60.7 Å². The van der Waals surface area contributed by atoms with Crippen molar-refractivity contribution in [3.05, 3.63) is 71.8 Å². The Bertz CT molecular complexity index is 1030. The fourth-order valence-electron chi connectivity index (χ4n) is 4.19. The molecule has 1 heterocycles. The Hall–Kier alpha value is -2.19. The lowest BCUT2D eigenvalue weighted by molar-refractivity contribution is -0.274. The van der Waals surface area contributed by atoms with E-state index in [-0.39, 0.29) is 36.6 Å². The summed E-state index contributed by atoms with van der Waals surface area (Å²) in [6, 6.07) is 18.2. The third-order valence-corrected chi connectivity index (χ3v) is 5.45. The molecule has 1 aliphatic heterocycles. The number of fused-ring (bicyclic) bond motifs is 1. The molecule has 3 aromatic carbocycles. The fraction of sp³-hybridized carbons (Fsp3) is 0.333. The molecule has 0 amide bonds. The van der Waals surface area contributed by atoms with Gasteiger partial charge < -0.3 is 14.8 Å². The summed E-state index contributed by atoms with van der Waals surface area (Å²) in [4.78, 5) is 2.35. The summed E-state index contributed by atoms with van der Waals surface area (Å²) in [5.74, 6) is 0.568. The van der Waals surface area contributed by atoms with Crippen molar-refractivity contribution in [2.45, 2.75) is 19.3 Å². The van der Waals surface area contributed by atoms with Crippen molar-refractivity contribution in [3.8, 4) is 11.5 Å². The molecule has 4 nitrogen and oxygen atoms in total. The Labute approximate surface area is 203 Å². The van der Waals surface area contributed by atoms with Gasteiger partial charge in [-0.25, -0.2) is 0 Å². The topological polar surface area (TPSA) is 33.7 Å². The van der Waals surface area contributed by atoms with Crippen LogP contribution in [0.5, 0.6) is 11.5 Å². The zero-order valence-electron chi connectivity index (χ0n) is 18.1. The molecule has 0 saturated carbocycles. The summed E-state index contributed by atoms with van der Waals surface area (Å²) in [6.07, 6.45) is -4.71. The van der Waals surface area contributed by atoms with Crippen LogP contribution in [0.2, 0.25) is 0 Å². The smallest absolute Gasteiger partial charge is 0.493 e. The molecule has 9 heteroatoms. The first-order chi connectivity index (χ1) is 15.0. The van der Waals surface area contributed by atoms with Crippen molar-refractivity contribution in [1.29, 1.82) is 0 Å². The van der Waals surface area contributed by atoms with Crippen LogP contribution in [0.3, 0.4) is 0 Å². The van der Waals surface area contributed by atoms with Gasteiger partial charge in [-0.3, -0.25) is 4.90 Å². The maximum atomic E-state index is 12.6. The van der Waals surface area contributed by atoms with Gasteiger partial charge in [0, 0.05) is 31.7 Å². The molecule has 4 rings (SSSR count). The van der Waals surface area contributed by atoms with Gasteiger partial charge in [-0.15, -0.1) is 38.0 Å². The van der Waals surface area contributed by atoms with Crippen molar-refractivity contribution in [2.24, 2.45) is 0 Å². The van der Waals surface area contributed by atoms with Crippen LogP contribution in [0.4, 0.5) is 13.2 Å². The van der Waals surface area contributed by atoms with Gasteiger partial charge in [-0.2, -0.15) is 0 Å². The SMILES string of the molecule is CCOc1ccc2ccccc2c1[C@@H](c1ccc(OC(F)(F)F)cc1)N1CCNCC1.Cl.Cl. The average Bonchev–Trinajstić information content (AvgIpc) is 2.76. The van der Waals surface area contributed by atoms with Crippen molar-refractivity contribution >= 4 is 35.6 Å². The molecule has 1 N–H and O–H groups in total. The van der Waals surface area contributed by atoms with Crippen molar-refractivity contribution in [1.82, 2.24) is 10.2 Å². The Morgan fingerprint density at radius 3 is 2.24 bits per heavy atom. The first-order valence-corrected chi connectivity index (χ1v) is 10.4. The summed E-state index contributed by atoms with van der Waals surface area (Å²) in [5.41, 5.74) is 1.93. The highest BCUT2D eigenvalue weighted by Gasteiger charge is 2.32. The predicted octanol–water partition coefficient (Wildman–Crippen LogP) is 5.98. The molecule has 1 aliphatic rings. The van der Waals surface area contributed by atoms with Crippen LogP contribution in [-0.2, 0) is 0 Å². The van der Waals surface area contributed by atoms with Gasteiger partial charge in [0.2, 0.25) is 0 Å². The van der Waals surface area contributed by atoms with E-state index in [1.54, 1.807) is 12.1 Å². The lowest BCUT2D eigenvalue weighted by atomic mass is 9.91. The molecule has 0 bridgehead atoms. The molecule has 3 aromatic rings. The minimum atomic E-state index is -4.71. The van der Waals surface area contributed by atoms with Gasteiger partial charge in [0.1, 0.15) is 11.5 Å². The minimum Gasteiger partial charge on any atom is -0.493 e. The number of alkyl halides is 3. The van der Waals surface area contributed by atoms with Crippen LogP contribution in [0.1, 0.15) is 24.1 Å². The van der Waals surface area contributed by atoms with E-state index in [0.717, 1.165) is 53.8 Å². The van der Waals surface area contributed by atoms with Gasteiger partial charge in [-0.1, -0.05) is 42.5 Å². The molecule has 1 atom stereocenters. The quantitative estimate of drug-likeness (QED) is 0.449. The number of hydrogen-bond donors (Lipinski definition) is 1. The zero-order chi connectivity index (χ0) is 21.8. The highest BCUT2D eigenvalue weighted by Crippen LogP contribution is 2.40. The standard InChI is InChI=1S/C24H25F3N2O2.2ClH/c1-2-30-21-12-9-17-5-3-4-6-20(17)22(21)23(29-15-13-28-14-16-29)18-7-10-19(11-8-18)31-24(25,26)27;;/h3-12,23,28H,2,13-16H2,1H3;2*1H/t23-;;/m1../s1. The molecule has 1 fully saturated rings. The van der Waals surface area contributed by atoms with Crippen LogP contribution in [0, 0.1) is 0 Å². The van der Waals surface area contributed by atoms with Crippen LogP contribution >= 0.6 is 24.8 Å². The monoisotopic (exact) mass is 502 g/mol. The number of nitrogens with one attached hydrogen (secondary N) is 1. The number of benzene rings is 3. The van der Waals surface area contributed by atoms with E-state index < -0.39 is 6.36 Å². The number of rotatable bonds is 6. The van der Waals surface area contributed by atoms with E-state index in [1.165, 1.54) is 12.1 Å². The number of piperazine rings is 1. The average molecular weight is 503 g/mol. The highest BCUT2D eigenvalue weighted by atomic mass is 35.5. The Kier molecular flexibility index (Phi) is 9.67. The fourth-order valence-corrected chi connectivity index (χ4v) is 4.19. The number of nitrogens with zero attached hydrogens (tertiary/aromatic N) is 1. The summed E-state index contributed by atoms with van der Waals surface area (Å²) < 4.78 is 47.9. The Morgan fingerprint density at radius 1 is 0.939 bits per heavy atom. The van der Waals surface area contributed by atoms with E-state index in [1.807, 2.05) is 31.2 Å². The summed E-state index contributed by atoms with van der Waals surface area (Å²) in [5, 5.41) is 5.54. The molecule has 1 saturated heterocycles. The Morgan fingerprint density at radius 2 is 1.61 bits per heavy atom. The van der Waals surface area contributed by atoms with Gasteiger partial charge in [0.25, 0.3) is 0 Å². The second-order valence-corrected chi connectivity index (χ2v) is 7.44. The lowest BCUT2D eigenvalue weighted by Crippen LogP contribution is -2.45. The van der Waals surface area contributed by atoms with Crippen LogP contribution in [-0.4, -0.2) is 44.0 Å². The van der Waals surface area contributed by atoms with Gasteiger partial charge in [0.15, 0.2) is 0 Å². The van der Waals surface area contributed by atoms with Crippen molar-refractivity contribution in [3.63, 3.8) is 0 Å². The molecular formula is C24H27Cl2F3N2O2. The zero-order valence-corrected chi connectivity index (χ0v) is 19.7. The second-order valence-electron chi connectivity index (χ2n) is 7.44. The predicted molar refractivity (Wildman–Crippen MR) is 129 cm³/mol. The maximum absolute atomic E-state index is 12.6. The molecule has 0 radical (unpaired) electrons. The first-order valence-electron chi connectivity index (χ1n) is 10.4. The molecule has 33 heavy (non-hydrogen) atoms. The number of halogens is 5. The molecule has 0 aliphatic carbocycles.